The summed E-state index contributed by atoms with van der Waals surface area (Å²) < 4.78 is 5.60. The molecule has 0 saturated carbocycles. The maximum absolute atomic E-state index is 11.4. The first-order valence-corrected chi connectivity index (χ1v) is 5.32. The van der Waals surface area contributed by atoms with Gasteiger partial charge in [-0.2, -0.15) is 0 Å². The van der Waals surface area contributed by atoms with Crippen molar-refractivity contribution in [3.63, 3.8) is 0 Å². The van der Waals surface area contributed by atoms with Crippen molar-refractivity contribution in [2.24, 2.45) is 0 Å². The van der Waals surface area contributed by atoms with E-state index in [2.05, 4.69) is 32.6 Å². The lowest BCUT2D eigenvalue weighted by atomic mass is 10.0. The van der Waals surface area contributed by atoms with E-state index in [9.17, 15) is 4.79 Å². The fourth-order valence-electron chi connectivity index (χ4n) is 1.17. The number of rotatable bonds is 2. The van der Waals surface area contributed by atoms with E-state index >= 15 is 0 Å². The van der Waals surface area contributed by atoms with Gasteiger partial charge in [0, 0.05) is 16.2 Å². The van der Waals surface area contributed by atoms with Crippen LogP contribution >= 0.6 is 22.6 Å². The van der Waals surface area contributed by atoms with E-state index < -0.39 is 5.97 Å². The predicted molar refractivity (Wildman–Crippen MR) is 67.1 cm³/mol. The average Bonchev–Trinajstić information content (AvgIpc) is 2.23. The zero-order valence-electron chi connectivity index (χ0n) is 8.43. The lowest BCUT2D eigenvalue weighted by molar-refractivity contribution is -0.136. The number of esters is 1. The van der Waals surface area contributed by atoms with Crippen molar-refractivity contribution in [2.45, 2.75) is 0 Å². The molecule has 0 spiro atoms. The van der Waals surface area contributed by atoms with Crippen molar-refractivity contribution >= 4 is 34.3 Å². The monoisotopic (exact) mass is 318 g/mol. The van der Waals surface area contributed by atoms with Crippen LogP contribution in [0.1, 0.15) is 0 Å². The molecule has 0 aromatic rings. The Morgan fingerprint density at radius 2 is 2.20 bits per heavy atom. The summed E-state index contributed by atoms with van der Waals surface area (Å²) in [6.07, 6.45) is 5.24. The molecule has 1 aliphatic carbocycles. The van der Waals surface area contributed by atoms with E-state index in [1.807, 2.05) is 6.08 Å². The summed E-state index contributed by atoms with van der Waals surface area (Å²) in [6, 6.07) is 0. The Morgan fingerprint density at radius 3 is 2.73 bits per heavy atom. The van der Waals surface area contributed by atoms with Crippen LogP contribution in [-0.2, 0) is 9.53 Å². The highest BCUT2D eigenvalue weighted by Gasteiger charge is 2.17. The standard InChI is InChI=1S/C10H11IN2O2/c1-13-9(10(14)15-2)7-5-6(11)3-4-8(7)12/h3-5,12-13H,1-2H3/b9-7-,12-8?. The Balaban J connectivity index is 3.21. The van der Waals surface area contributed by atoms with Gasteiger partial charge < -0.3 is 15.5 Å². The van der Waals surface area contributed by atoms with Crippen molar-refractivity contribution in [2.75, 3.05) is 14.2 Å². The molecule has 2 N–H and O–H groups in total. The predicted octanol–water partition coefficient (Wildman–Crippen LogP) is 1.54. The van der Waals surface area contributed by atoms with Crippen LogP contribution in [0.4, 0.5) is 0 Å². The van der Waals surface area contributed by atoms with E-state index in [-0.39, 0.29) is 0 Å². The van der Waals surface area contributed by atoms with E-state index in [1.165, 1.54) is 7.11 Å². The number of hydrogen-bond donors (Lipinski definition) is 2. The first-order valence-electron chi connectivity index (χ1n) is 4.24. The van der Waals surface area contributed by atoms with Crippen LogP contribution < -0.4 is 5.32 Å². The van der Waals surface area contributed by atoms with E-state index in [0.29, 0.717) is 17.0 Å². The first-order chi connectivity index (χ1) is 7.10. The fourth-order valence-corrected chi connectivity index (χ4v) is 1.66. The molecular weight excluding hydrogens is 307 g/mol. The highest BCUT2D eigenvalue weighted by atomic mass is 127. The van der Waals surface area contributed by atoms with Crippen LogP contribution in [0, 0.1) is 5.41 Å². The smallest absolute Gasteiger partial charge is 0.354 e. The molecule has 1 aliphatic rings. The maximum Gasteiger partial charge on any atom is 0.354 e. The van der Waals surface area contributed by atoms with Gasteiger partial charge in [-0.1, -0.05) is 0 Å². The molecule has 15 heavy (non-hydrogen) atoms. The molecule has 0 aromatic heterocycles. The minimum absolute atomic E-state index is 0.296. The number of halogens is 1. The van der Waals surface area contributed by atoms with Gasteiger partial charge in [0.25, 0.3) is 0 Å². The molecule has 0 aliphatic heterocycles. The highest BCUT2D eigenvalue weighted by Crippen LogP contribution is 2.20. The first kappa shape index (κ1) is 12.0. The second-order valence-electron chi connectivity index (χ2n) is 2.81. The molecule has 0 fully saturated rings. The van der Waals surface area contributed by atoms with E-state index in [0.717, 1.165) is 3.58 Å². The number of likely N-dealkylation sites (N-methyl/N-ethyl adjacent to an activating group) is 1. The second kappa shape index (κ2) is 5.11. The summed E-state index contributed by atoms with van der Waals surface area (Å²) in [4.78, 5) is 11.4. The molecule has 0 heterocycles. The van der Waals surface area contributed by atoms with Gasteiger partial charge in [-0.05, 0) is 40.8 Å². The summed E-state index contributed by atoms with van der Waals surface area (Å²) in [7, 11) is 2.95. The molecule has 80 valence electrons. The van der Waals surface area contributed by atoms with Crippen molar-refractivity contribution in [3.05, 3.63) is 33.1 Å². The van der Waals surface area contributed by atoms with Gasteiger partial charge in [0.15, 0.2) is 0 Å². The van der Waals surface area contributed by atoms with Crippen molar-refractivity contribution in [1.82, 2.24) is 5.32 Å². The number of nitrogens with one attached hydrogen (secondary N) is 2. The molecule has 0 amide bonds. The third-order valence-electron chi connectivity index (χ3n) is 1.89. The van der Waals surface area contributed by atoms with E-state index in [1.54, 1.807) is 19.2 Å². The number of methoxy groups -OCH3 is 1. The fraction of sp³-hybridized carbons (Fsp3) is 0.200. The quantitative estimate of drug-likeness (QED) is 0.461. The van der Waals surface area contributed by atoms with Crippen molar-refractivity contribution in [3.8, 4) is 0 Å². The minimum Gasteiger partial charge on any atom is -0.464 e. The zero-order chi connectivity index (χ0) is 11.4. The number of hydrogen-bond acceptors (Lipinski definition) is 4. The lowest BCUT2D eigenvalue weighted by Gasteiger charge is -2.12. The van der Waals surface area contributed by atoms with Gasteiger partial charge in [0.1, 0.15) is 5.70 Å². The van der Waals surface area contributed by atoms with E-state index in [4.69, 9.17) is 5.41 Å². The van der Waals surface area contributed by atoms with Crippen LogP contribution in [0.2, 0.25) is 0 Å². The van der Waals surface area contributed by atoms with Crippen LogP contribution in [-0.4, -0.2) is 25.8 Å². The third-order valence-corrected chi connectivity index (χ3v) is 2.56. The van der Waals surface area contributed by atoms with Gasteiger partial charge in [-0.25, -0.2) is 4.79 Å². The second-order valence-corrected chi connectivity index (χ2v) is 4.05. The van der Waals surface area contributed by atoms with Gasteiger partial charge in [0.05, 0.1) is 12.8 Å². The molecular formula is C10H11IN2O2. The highest BCUT2D eigenvalue weighted by molar-refractivity contribution is 14.1. The molecule has 4 nitrogen and oxygen atoms in total. The Bertz CT molecular complexity index is 394. The molecule has 0 unspecified atom stereocenters. The summed E-state index contributed by atoms with van der Waals surface area (Å²) in [6.45, 7) is 0. The van der Waals surface area contributed by atoms with Crippen LogP contribution in [0.3, 0.4) is 0 Å². The van der Waals surface area contributed by atoms with Gasteiger partial charge in [-0.15, -0.1) is 0 Å². The van der Waals surface area contributed by atoms with Gasteiger partial charge in [-0.3, -0.25) is 0 Å². The van der Waals surface area contributed by atoms with Crippen LogP contribution in [0.15, 0.2) is 33.1 Å². The minimum atomic E-state index is -0.465. The SMILES string of the molecule is CN/C(C(=O)OC)=C1/C=C(I)C=CC1=N. The molecule has 0 atom stereocenters. The Morgan fingerprint density at radius 1 is 1.53 bits per heavy atom. The molecule has 0 aromatic carbocycles. The molecule has 5 heteroatoms. The average molecular weight is 318 g/mol. The van der Waals surface area contributed by atoms with Crippen LogP contribution in [0.5, 0.6) is 0 Å². The summed E-state index contributed by atoms with van der Waals surface area (Å²) in [5.41, 5.74) is 1.16. The Labute approximate surface area is 102 Å². The van der Waals surface area contributed by atoms with Crippen molar-refractivity contribution in [1.29, 1.82) is 5.41 Å². The maximum atomic E-state index is 11.4. The number of carbonyl (C=O) groups excluding carboxylic acids is 1. The normalized spacial score (nSPS) is 18.3. The van der Waals surface area contributed by atoms with Gasteiger partial charge >= 0.3 is 5.97 Å². The molecule has 0 radical (unpaired) electrons. The summed E-state index contributed by atoms with van der Waals surface area (Å²) in [5, 5.41) is 10.5. The third kappa shape index (κ3) is 2.68. The lowest BCUT2D eigenvalue weighted by Crippen LogP contribution is -2.22. The number of allylic oxidation sites excluding steroid dienone is 5. The number of carbonyl (C=O) groups is 1. The summed E-state index contributed by atoms with van der Waals surface area (Å²) in [5.74, 6) is -0.465. The molecule has 0 bridgehead atoms. The topological polar surface area (TPSA) is 62.2 Å². The zero-order valence-corrected chi connectivity index (χ0v) is 10.6. The summed E-state index contributed by atoms with van der Waals surface area (Å²) >= 11 is 2.13. The Hall–Kier alpha value is -1.11. The van der Waals surface area contributed by atoms with Crippen LogP contribution in [0.25, 0.3) is 0 Å². The molecule has 1 rings (SSSR count). The van der Waals surface area contributed by atoms with Gasteiger partial charge in [0.2, 0.25) is 0 Å². The van der Waals surface area contributed by atoms with Crippen molar-refractivity contribution < 1.29 is 9.53 Å². The Kier molecular flexibility index (Phi) is 4.07. The number of ether oxygens (including phenoxy) is 1. The molecule has 0 saturated heterocycles. The largest absolute Gasteiger partial charge is 0.464 e.